The van der Waals surface area contributed by atoms with Crippen LogP contribution in [0.25, 0.3) is 28.5 Å². The number of para-hydroxylation sites is 3. The third kappa shape index (κ3) is 3.36. The molecule has 1 amide bonds. The molecule has 2 aromatic heterocycles. The van der Waals surface area contributed by atoms with Crippen molar-refractivity contribution in [3.05, 3.63) is 77.0 Å². The van der Waals surface area contributed by atoms with Gasteiger partial charge in [-0.3, -0.25) is 4.79 Å². The summed E-state index contributed by atoms with van der Waals surface area (Å²) in [5, 5.41) is 4.92. The van der Waals surface area contributed by atoms with Crippen molar-refractivity contribution in [1.29, 1.82) is 0 Å². The number of amides is 1. The fourth-order valence-corrected chi connectivity index (χ4v) is 3.22. The number of imidazole rings is 1. The summed E-state index contributed by atoms with van der Waals surface area (Å²) in [5.41, 5.74) is 3.45. The third-order valence-electron chi connectivity index (χ3n) is 3.77. The number of hydrogen-bond donors (Lipinski definition) is 2. The van der Waals surface area contributed by atoms with Crippen LogP contribution in [-0.4, -0.2) is 15.9 Å². The lowest BCUT2D eigenvalue weighted by Crippen LogP contribution is -2.08. The Kier molecular flexibility index (Phi) is 4.14. The number of benzene rings is 2. The van der Waals surface area contributed by atoms with Gasteiger partial charge in [-0.2, -0.15) is 0 Å². The molecule has 122 valence electrons. The number of H-pyrrole nitrogens is 1. The summed E-state index contributed by atoms with van der Waals surface area (Å²) >= 11 is 1.59. The molecule has 0 bridgehead atoms. The minimum Gasteiger partial charge on any atom is -0.338 e. The molecule has 0 unspecified atom stereocenters. The van der Waals surface area contributed by atoms with Gasteiger partial charge in [0.05, 0.1) is 16.7 Å². The lowest BCUT2D eigenvalue weighted by Gasteiger charge is -2.07. The smallest absolute Gasteiger partial charge is 0.248 e. The van der Waals surface area contributed by atoms with Gasteiger partial charge in [-0.15, -0.1) is 11.3 Å². The number of nitrogens with zero attached hydrogens (tertiary/aromatic N) is 1. The van der Waals surface area contributed by atoms with E-state index in [0.29, 0.717) is 0 Å². The molecule has 0 atom stereocenters. The molecular formula is C20H15N3OS. The van der Waals surface area contributed by atoms with Gasteiger partial charge in [-0.05, 0) is 41.8 Å². The molecule has 0 radical (unpaired) electrons. The monoisotopic (exact) mass is 345 g/mol. The Morgan fingerprint density at radius 1 is 1.04 bits per heavy atom. The molecule has 0 saturated heterocycles. The number of aromatic amines is 1. The van der Waals surface area contributed by atoms with Crippen LogP contribution < -0.4 is 5.32 Å². The van der Waals surface area contributed by atoms with Gasteiger partial charge in [0.1, 0.15) is 5.82 Å². The molecular weight excluding hydrogens is 330 g/mol. The van der Waals surface area contributed by atoms with Crippen molar-refractivity contribution >= 4 is 40.0 Å². The standard InChI is InChI=1S/C20H15N3OS/c24-19(12-11-14-6-5-13-25-14)21-16-8-2-1-7-15(16)20-22-17-9-3-4-10-18(17)23-20/h1-13H,(H,21,24)(H,22,23). The van der Waals surface area contributed by atoms with Crippen molar-refractivity contribution in [2.75, 3.05) is 5.32 Å². The highest BCUT2D eigenvalue weighted by atomic mass is 32.1. The summed E-state index contributed by atoms with van der Waals surface area (Å²) in [6.45, 7) is 0. The highest BCUT2D eigenvalue weighted by molar-refractivity contribution is 7.10. The van der Waals surface area contributed by atoms with Crippen molar-refractivity contribution in [2.45, 2.75) is 0 Å². The zero-order valence-electron chi connectivity index (χ0n) is 13.3. The number of hydrogen-bond acceptors (Lipinski definition) is 3. The number of thiophene rings is 1. The van der Waals surface area contributed by atoms with Crippen LogP contribution in [0.3, 0.4) is 0 Å². The highest BCUT2D eigenvalue weighted by Crippen LogP contribution is 2.27. The van der Waals surface area contributed by atoms with Crippen LogP contribution in [0.4, 0.5) is 5.69 Å². The SMILES string of the molecule is O=C(C=Cc1cccs1)Nc1ccccc1-c1nc2ccccc2[nH]1. The number of rotatable bonds is 4. The van der Waals surface area contributed by atoms with Crippen molar-refractivity contribution in [3.63, 3.8) is 0 Å². The molecule has 0 aliphatic rings. The highest BCUT2D eigenvalue weighted by Gasteiger charge is 2.10. The topological polar surface area (TPSA) is 57.8 Å². The number of anilines is 1. The lowest BCUT2D eigenvalue weighted by atomic mass is 10.1. The summed E-state index contributed by atoms with van der Waals surface area (Å²) < 4.78 is 0. The average molecular weight is 345 g/mol. The predicted molar refractivity (Wildman–Crippen MR) is 104 cm³/mol. The fraction of sp³-hybridized carbons (Fsp3) is 0. The van der Waals surface area contributed by atoms with Gasteiger partial charge in [0.2, 0.25) is 5.91 Å². The number of fused-ring (bicyclic) bond motifs is 1. The van der Waals surface area contributed by atoms with Gasteiger partial charge in [-0.1, -0.05) is 30.3 Å². The summed E-state index contributed by atoms with van der Waals surface area (Å²) in [4.78, 5) is 21.2. The normalized spacial score (nSPS) is 11.2. The van der Waals surface area contributed by atoms with Crippen LogP contribution >= 0.6 is 11.3 Å². The van der Waals surface area contributed by atoms with Gasteiger partial charge in [0, 0.05) is 16.5 Å². The Morgan fingerprint density at radius 2 is 1.88 bits per heavy atom. The van der Waals surface area contributed by atoms with Crippen LogP contribution in [0.5, 0.6) is 0 Å². The quantitative estimate of drug-likeness (QED) is 0.515. The predicted octanol–water partition coefficient (Wildman–Crippen LogP) is 4.94. The Morgan fingerprint density at radius 3 is 2.72 bits per heavy atom. The number of aromatic nitrogens is 2. The molecule has 4 rings (SSSR count). The molecule has 0 saturated carbocycles. The van der Waals surface area contributed by atoms with Crippen molar-refractivity contribution in [3.8, 4) is 11.4 Å². The molecule has 25 heavy (non-hydrogen) atoms. The van der Waals surface area contributed by atoms with Crippen LogP contribution in [0.1, 0.15) is 4.88 Å². The van der Waals surface area contributed by atoms with Gasteiger partial charge in [-0.25, -0.2) is 4.98 Å². The Labute approximate surface area is 148 Å². The van der Waals surface area contributed by atoms with E-state index in [0.717, 1.165) is 33.0 Å². The first kappa shape index (κ1) is 15.4. The van der Waals surface area contributed by atoms with Crippen LogP contribution in [-0.2, 0) is 4.79 Å². The summed E-state index contributed by atoms with van der Waals surface area (Å²) in [7, 11) is 0. The molecule has 0 aliphatic carbocycles. The van der Waals surface area contributed by atoms with Crippen LogP contribution in [0.2, 0.25) is 0 Å². The second-order valence-electron chi connectivity index (χ2n) is 5.49. The Bertz CT molecular complexity index is 1010. The lowest BCUT2D eigenvalue weighted by molar-refractivity contribution is -0.111. The van der Waals surface area contributed by atoms with E-state index in [2.05, 4.69) is 15.3 Å². The second-order valence-corrected chi connectivity index (χ2v) is 6.47. The molecule has 4 aromatic rings. The number of nitrogens with one attached hydrogen (secondary N) is 2. The Hall–Kier alpha value is -3.18. The maximum absolute atomic E-state index is 12.2. The zero-order chi connectivity index (χ0) is 17.1. The molecule has 0 spiro atoms. The molecule has 4 nitrogen and oxygen atoms in total. The minimum absolute atomic E-state index is 0.169. The maximum atomic E-state index is 12.2. The maximum Gasteiger partial charge on any atom is 0.248 e. The van der Waals surface area contributed by atoms with Crippen molar-refractivity contribution in [2.24, 2.45) is 0 Å². The third-order valence-corrected chi connectivity index (χ3v) is 4.61. The average Bonchev–Trinajstić information content (AvgIpc) is 3.30. The molecule has 2 aromatic carbocycles. The summed E-state index contributed by atoms with van der Waals surface area (Å²) in [6.07, 6.45) is 3.35. The zero-order valence-corrected chi connectivity index (χ0v) is 14.1. The number of carbonyl (C=O) groups excluding carboxylic acids is 1. The first-order valence-corrected chi connectivity index (χ1v) is 8.74. The van der Waals surface area contributed by atoms with E-state index in [1.165, 1.54) is 0 Å². The van der Waals surface area contributed by atoms with E-state index in [1.807, 2.05) is 72.1 Å². The van der Waals surface area contributed by atoms with E-state index in [-0.39, 0.29) is 5.91 Å². The molecule has 0 fully saturated rings. The molecule has 2 N–H and O–H groups in total. The number of carbonyl (C=O) groups is 1. The molecule has 2 heterocycles. The van der Waals surface area contributed by atoms with E-state index >= 15 is 0 Å². The van der Waals surface area contributed by atoms with Gasteiger partial charge >= 0.3 is 0 Å². The first-order valence-electron chi connectivity index (χ1n) is 7.86. The van der Waals surface area contributed by atoms with Gasteiger partial charge < -0.3 is 10.3 Å². The van der Waals surface area contributed by atoms with Gasteiger partial charge in [0.25, 0.3) is 0 Å². The van der Waals surface area contributed by atoms with Gasteiger partial charge in [0.15, 0.2) is 0 Å². The Balaban J connectivity index is 1.61. The molecule has 5 heteroatoms. The van der Waals surface area contributed by atoms with Crippen LogP contribution in [0.15, 0.2) is 72.1 Å². The van der Waals surface area contributed by atoms with E-state index in [9.17, 15) is 4.79 Å². The minimum atomic E-state index is -0.169. The van der Waals surface area contributed by atoms with Crippen LogP contribution in [0, 0.1) is 0 Å². The second kappa shape index (κ2) is 6.75. The van der Waals surface area contributed by atoms with Crippen molar-refractivity contribution < 1.29 is 4.79 Å². The van der Waals surface area contributed by atoms with Crippen molar-refractivity contribution in [1.82, 2.24) is 9.97 Å². The fourth-order valence-electron chi connectivity index (χ4n) is 2.60. The van der Waals surface area contributed by atoms with E-state index in [4.69, 9.17) is 0 Å². The summed E-state index contributed by atoms with van der Waals surface area (Å²) in [6, 6.07) is 19.4. The first-order chi connectivity index (χ1) is 12.3. The van der Waals surface area contributed by atoms with E-state index < -0.39 is 0 Å². The largest absolute Gasteiger partial charge is 0.338 e. The molecule has 0 aliphatic heterocycles. The van der Waals surface area contributed by atoms with E-state index in [1.54, 1.807) is 17.4 Å². The summed E-state index contributed by atoms with van der Waals surface area (Å²) in [5.74, 6) is 0.566.